The predicted molar refractivity (Wildman–Crippen MR) is 105 cm³/mol. The first-order valence-corrected chi connectivity index (χ1v) is 10.9. The number of benzene rings is 2. The number of carbonyl (C=O) groups excluding carboxylic acids is 1. The Bertz CT molecular complexity index is 983. The normalized spacial score (nSPS) is 16.5. The summed E-state index contributed by atoms with van der Waals surface area (Å²) in [6.07, 6.45) is 2.45. The predicted octanol–water partition coefficient (Wildman–Crippen LogP) is 3.86. The van der Waals surface area contributed by atoms with Crippen LogP contribution in [0.2, 0.25) is 0 Å². The van der Waals surface area contributed by atoms with Crippen molar-refractivity contribution in [3.05, 3.63) is 52.0 Å². The van der Waals surface area contributed by atoms with Gasteiger partial charge in [-0.25, -0.2) is 8.42 Å². The third kappa shape index (κ3) is 3.25. The van der Waals surface area contributed by atoms with Crippen LogP contribution in [0.4, 0.5) is 11.4 Å². The van der Waals surface area contributed by atoms with Crippen LogP contribution in [0, 0.1) is 12.8 Å². The van der Waals surface area contributed by atoms with Crippen LogP contribution in [-0.2, 0) is 21.2 Å². The van der Waals surface area contributed by atoms with Crippen LogP contribution < -0.4 is 9.62 Å². The van der Waals surface area contributed by atoms with E-state index < -0.39 is 10.0 Å². The molecule has 0 atom stereocenters. The van der Waals surface area contributed by atoms with Gasteiger partial charge < -0.3 is 4.90 Å². The van der Waals surface area contributed by atoms with E-state index in [2.05, 4.69) is 20.7 Å². The fourth-order valence-electron chi connectivity index (χ4n) is 3.28. The molecule has 0 aromatic heterocycles. The average Bonchev–Trinajstić information content (AvgIpc) is 3.35. The van der Waals surface area contributed by atoms with E-state index in [1.165, 1.54) is 0 Å². The van der Waals surface area contributed by atoms with Crippen LogP contribution in [0.3, 0.4) is 0 Å². The lowest BCUT2D eigenvalue weighted by atomic mass is 10.2. The van der Waals surface area contributed by atoms with Crippen molar-refractivity contribution in [3.63, 3.8) is 0 Å². The van der Waals surface area contributed by atoms with Gasteiger partial charge in [-0.3, -0.25) is 9.52 Å². The highest BCUT2D eigenvalue weighted by Gasteiger charge is 2.39. The maximum absolute atomic E-state index is 13.1. The molecular weight excluding hydrogens is 416 g/mol. The summed E-state index contributed by atoms with van der Waals surface area (Å²) in [6, 6.07) is 10.7. The lowest BCUT2D eigenvalue weighted by Gasteiger charge is -2.21. The zero-order valence-corrected chi connectivity index (χ0v) is 16.7. The van der Waals surface area contributed by atoms with E-state index >= 15 is 0 Å². The molecule has 0 spiro atoms. The van der Waals surface area contributed by atoms with Crippen molar-refractivity contribution in [2.24, 2.45) is 5.92 Å². The van der Waals surface area contributed by atoms with Gasteiger partial charge in [-0.1, -0.05) is 33.6 Å². The van der Waals surface area contributed by atoms with E-state index in [-0.39, 0.29) is 16.7 Å². The van der Waals surface area contributed by atoms with Crippen molar-refractivity contribution in [2.75, 3.05) is 16.2 Å². The zero-order chi connectivity index (χ0) is 18.5. The van der Waals surface area contributed by atoms with Crippen LogP contribution in [0.15, 0.2) is 45.8 Å². The Morgan fingerprint density at radius 3 is 2.54 bits per heavy atom. The zero-order valence-electron chi connectivity index (χ0n) is 14.3. The van der Waals surface area contributed by atoms with Gasteiger partial charge in [-0.05, 0) is 56.0 Å². The van der Waals surface area contributed by atoms with Crippen molar-refractivity contribution < 1.29 is 13.2 Å². The lowest BCUT2D eigenvalue weighted by molar-refractivity contribution is -0.119. The summed E-state index contributed by atoms with van der Waals surface area (Å²) in [5, 5.41) is 0. The minimum Gasteiger partial charge on any atom is -0.310 e. The Kier molecular flexibility index (Phi) is 4.31. The van der Waals surface area contributed by atoms with Gasteiger partial charge in [0.1, 0.15) is 4.90 Å². The molecule has 4 rings (SSSR count). The topological polar surface area (TPSA) is 66.5 Å². The van der Waals surface area contributed by atoms with E-state index in [1.54, 1.807) is 23.1 Å². The van der Waals surface area contributed by atoms with Gasteiger partial charge in [0.25, 0.3) is 10.0 Å². The molecule has 1 N–H and O–H groups in total. The van der Waals surface area contributed by atoms with Crippen LogP contribution in [0.5, 0.6) is 0 Å². The summed E-state index contributed by atoms with van der Waals surface area (Å²) in [4.78, 5) is 14.4. The number of rotatable bonds is 4. The standard InChI is InChI=1S/C19H19BrN2O3S/c1-12-2-6-16(7-3-12)21-26(24,25)17-11-15(20)10-14-8-9-22(18(14)17)19(23)13-4-5-13/h2-3,6-7,10-11,13,21H,4-5,8-9H2,1H3. The molecule has 5 nitrogen and oxygen atoms in total. The fraction of sp³-hybridized carbons (Fsp3) is 0.316. The van der Waals surface area contributed by atoms with E-state index in [4.69, 9.17) is 0 Å². The van der Waals surface area contributed by atoms with Crippen molar-refractivity contribution in [1.82, 2.24) is 0 Å². The molecule has 1 aliphatic heterocycles. The molecule has 26 heavy (non-hydrogen) atoms. The number of fused-ring (bicyclic) bond motifs is 1. The number of nitrogens with zero attached hydrogens (tertiary/aromatic N) is 1. The summed E-state index contributed by atoms with van der Waals surface area (Å²) in [6.45, 7) is 2.48. The first-order valence-electron chi connectivity index (χ1n) is 8.58. The highest BCUT2D eigenvalue weighted by Crippen LogP contribution is 2.41. The number of hydrogen-bond donors (Lipinski definition) is 1. The Morgan fingerprint density at radius 1 is 1.19 bits per heavy atom. The third-order valence-electron chi connectivity index (χ3n) is 4.78. The number of halogens is 1. The largest absolute Gasteiger partial charge is 0.310 e. The van der Waals surface area contributed by atoms with Crippen LogP contribution in [0.1, 0.15) is 24.0 Å². The lowest BCUT2D eigenvalue weighted by Crippen LogP contribution is -2.31. The van der Waals surface area contributed by atoms with Crippen LogP contribution >= 0.6 is 15.9 Å². The summed E-state index contributed by atoms with van der Waals surface area (Å²) < 4.78 is 29.5. The molecule has 136 valence electrons. The van der Waals surface area contributed by atoms with E-state index in [1.807, 2.05) is 25.1 Å². The second-order valence-electron chi connectivity index (χ2n) is 6.90. The number of amides is 1. The van der Waals surface area contributed by atoms with Crippen molar-refractivity contribution >= 4 is 43.2 Å². The smallest absolute Gasteiger partial charge is 0.264 e. The molecule has 1 aliphatic carbocycles. The molecule has 1 saturated carbocycles. The monoisotopic (exact) mass is 434 g/mol. The summed E-state index contributed by atoms with van der Waals surface area (Å²) in [5.41, 5.74) is 2.97. The van der Waals surface area contributed by atoms with E-state index in [0.717, 1.165) is 24.0 Å². The Hall–Kier alpha value is -1.86. The molecule has 1 fully saturated rings. The molecule has 2 aromatic rings. The minimum atomic E-state index is -3.82. The van der Waals surface area contributed by atoms with Gasteiger partial charge in [0.2, 0.25) is 5.91 Å². The first kappa shape index (κ1) is 17.5. The number of carbonyl (C=O) groups is 1. The van der Waals surface area contributed by atoms with Gasteiger partial charge in [0, 0.05) is 22.6 Å². The maximum Gasteiger partial charge on any atom is 0.264 e. The van der Waals surface area contributed by atoms with Crippen molar-refractivity contribution in [3.8, 4) is 0 Å². The van der Waals surface area contributed by atoms with Gasteiger partial charge in [0.15, 0.2) is 0 Å². The highest BCUT2D eigenvalue weighted by atomic mass is 79.9. The molecule has 2 aliphatic rings. The minimum absolute atomic E-state index is 0.0397. The number of anilines is 2. The number of aryl methyl sites for hydroxylation is 1. The molecule has 1 heterocycles. The van der Waals surface area contributed by atoms with Gasteiger partial charge >= 0.3 is 0 Å². The molecule has 0 bridgehead atoms. The van der Waals surface area contributed by atoms with Gasteiger partial charge in [-0.2, -0.15) is 0 Å². The second kappa shape index (κ2) is 6.39. The van der Waals surface area contributed by atoms with E-state index in [9.17, 15) is 13.2 Å². The third-order valence-corrected chi connectivity index (χ3v) is 6.63. The molecule has 0 saturated heterocycles. The Morgan fingerprint density at radius 2 is 1.88 bits per heavy atom. The maximum atomic E-state index is 13.1. The Balaban J connectivity index is 1.76. The summed E-state index contributed by atoms with van der Waals surface area (Å²) >= 11 is 3.41. The Labute approximate surface area is 161 Å². The SMILES string of the molecule is Cc1ccc(NS(=O)(=O)c2cc(Br)cc3c2N(C(=O)C2CC2)CC3)cc1. The van der Waals surface area contributed by atoms with Crippen LogP contribution in [0.25, 0.3) is 0 Å². The van der Waals surface area contributed by atoms with Crippen molar-refractivity contribution in [2.45, 2.75) is 31.1 Å². The molecular formula is C19H19BrN2O3S. The molecule has 2 aromatic carbocycles. The van der Waals surface area contributed by atoms with E-state index in [0.29, 0.717) is 28.8 Å². The number of nitrogens with one attached hydrogen (secondary N) is 1. The quantitative estimate of drug-likeness (QED) is 0.794. The molecule has 0 unspecified atom stereocenters. The number of sulfonamides is 1. The molecule has 7 heteroatoms. The number of hydrogen-bond acceptors (Lipinski definition) is 3. The second-order valence-corrected chi connectivity index (χ2v) is 9.46. The van der Waals surface area contributed by atoms with Crippen molar-refractivity contribution in [1.29, 1.82) is 0 Å². The van der Waals surface area contributed by atoms with Gasteiger partial charge in [-0.15, -0.1) is 0 Å². The van der Waals surface area contributed by atoms with Gasteiger partial charge in [0.05, 0.1) is 5.69 Å². The molecule has 0 radical (unpaired) electrons. The molecule has 1 amide bonds. The van der Waals surface area contributed by atoms with Crippen LogP contribution in [-0.4, -0.2) is 20.9 Å². The average molecular weight is 435 g/mol. The highest BCUT2D eigenvalue weighted by molar-refractivity contribution is 9.10. The fourth-order valence-corrected chi connectivity index (χ4v) is 5.27. The summed E-state index contributed by atoms with van der Waals surface area (Å²) in [5.74, 6) is 0.0862. The first-order chi connectivity index (χ1) is 12.3. The summed E-state index contributed by atoms with van der Waals surface area (Å²) in [7, 11) is -3.82.